The summed E-state index contributed by atoms with van der Waals surface area (Å²) >= 11 is 0. The number of carbonyl (C=O) groups is 1. The minimum atomic E-state index is -3.42. The van der Waals surface area contributed by atoms with Gasteiger partial charge < -0.3 is 10.4 Å². The van der Waals surface area contributed by atoms with Crippen LogP contribution in [0.5, 0.6) is 0 Å². The molecule has 0 aromatic carbocycles. The predicted octanol–water partition coefficient (Wildman–Crippen LogP) is 0.477. The van der Waals surface area contributed by atoms with Gasteiger partial charge in [0.05, 0.1) is 6.10 Å². The molecule has 1 fully saturated rings. The Morgan fingerprint density at radius 3 is 2.22 bits per heavy atom. The van der Waals surface area contributed by atoms with Gasteiger partial charge in [0.1, 0.15) is 4.75 Å². The molecule has 0 heterocycles. The highest BCUT2D eigenvalue weighted by molar-refractivity contribution is 7.92. The smallest absolute Gasteiger partial charge is 0.240 e. The van der Waals surface area contributed by atoms with Crippen molar-refractivity contribution < 1.29 is 18.3 Å². The van der Waals surface area contributed by atoms with Gasteiger partial charge in [-0.2, -0.15) is 0 Å². The van der Waals surface area contributed by atoms with Crippen LogP contribution in [0.3, 0.4) is 0 Å². The molecular weight excluding hydrogens is 254 g/mol. The van der Waals surface area contributed by atoms with E-state index in [9.17, 15) is 18.3 Å². The van der Waals surface area contributed by atoms with Crippen molar-refractivity contribution in [1.29, 1.82) is 0 Å². The van der Waals surface area contributed by atoms with Crippen molar-refractivity contribution in [2.45, 2.75) is 50.4 Å². The zero-order valence-corrected chi connectivity index (χ0v) is 12.1. The van der Waals surface area contributed by atoms with E-state index < -0.39 is 20.5 Å². The van der Waals surface area contributed by atoms with Crippen LogP contribution in [0.2, 0.25) is 0 Å². The molecular formula is C12H23NO4S. The molecule has 0 bridgehead atoms. The van der Waals surface area contributed by atoms with Gasteiger partial charge >= 0.3 is 0 Å². The summed E-state index contributed by atoms with van der Waals surface area (Å²) < 4.78 is 21.6. The Morgan fingerprint density at radius 2 is 1.78 bits per heavy atom. The lowest BCUT2D eigenvalue weighted by molar-refractivity contribution is -0.123. The monoisotopic (exact) mass is 277 g/mol. The quantitative estimate of drug-likeness (QED) is 0.783. The molecule has 1 saturated carbocycles. The van der Waals surface area contributed by atoms with Crippen molar-refractivity contribution in [3.63, 3.8) is 0 Å². The van der Waals surface area contributed by atoms with E-state index in [4.69, 9.17) is 0 Å². The van der Waals surface area contributed by atoms with Gasteiger partial charge in [0.25, 0.3) is 0 Å². The number of hydrogen-bond donors (Lipinski definition) is 2. The van der Waals surface area contributed by atoms with E-state index in [-0.39, 0.29) is 6.10 Å². The lowest BCUT2D eigenvalue weighted by Crippen LogP contribution is -2.48. The number of aliphatic hydroxyl groups is 1. The molecule has 106 valence electrons. The van der Waals surface area contributed by atoms with E-state index in [1.54, 1.807) is 0 Å². The second kappa shape index (κ2) is 5.57. The highest BCUT2D eigenvalue weighted by Crippen LogP contribution is 2.24. The first-order valence-corrected chi connectivity index (χ1v) is 8.19. The molecule has 1 rings (SSSR count). The minimum Gasteiger partial charge on any atom is -0.393 e. The molecule has 18 heavy (non-hydrogen) atoms. The van der Waals surface area contributed by atoms with E-state index in [1.807, 2.05) is 0 Å². The van der Waals surface area contributed by atoms with Crippen LogP contribution in [-0.2, 0) is 14.6 Å². The Morgan fingerprint density at radius 1 is 1.28 bits per heavy atom. The second-order valence-electron chi connectivity index (χ2n) is 5.67. The molecule has 6 heteroatoms. The van der Waals surface area contributed by atoms with Crippen molar-refractivity contribution in [1.82, 2.24) is 5.32 Å². The molecule has 1 aliphatic rings. The molecule has 0 aliphatic heterocycles. The van der Waals surface area contributed by atoms with Crippen LogP contribution in [0.25, 0.3) is 0 Å². The van der Waals surface area contributed by atoms with Crippen LogP contribution in [0.4, 0.5) is 0 Å². The van der Waals surface area contributed by atoms with Gasteiger partial charge in [-0.3, -0.25) is 4.79 Å². The Kier molecular flexibility index (Phi) is 4.78. The van der Waals surface area contributed by atoms with Gasteiger partial charge in [-0.05, 0) is 45.4 Å². The summed E-state index contributed by atoms with van der Waals surface area (Å²) in [5, 5.41) is 12.1. The van der Waals surface area contributed by atoms with E-state index in [0.717, 1.165) is 31.9 Å². The van der Waals surface area contributed by atoms with Crippen LogP contribution in [0, 0.1) is 5.92 Å². The molecule has 0 unspecified atom stereocenters. The van der Waals surface area contributed by atoms with E-state index in [0.29, 0.717) is 12.5 Å². The zero-order valence-electron chi connectivity index (χ0n) is 11.3. The van der Waals surface area contributed by atoms with Crippen molar-refractivity contribution in [2.24, 2.45) is 5.92 Å². The van der Waals surface area contributed by atoms with Crippen LogP contribution >= 0.6 is 0 Å². The molecule has 1 aliphatic carbocycles. The molecule has 5 nitrogen and oxygen atoms in total. The number of nitrogens with one attached hydrogen (secondary N) is 1. The summed E-state index contributed by atoms with van der Waals surface area (Å²) in [4.78, 5) is 11.9. The van der Waals surface area contributed by atoms with Gasteiger partial charge in [0.2, 0.25) is 5.91 Å². The van der Waals surface area contributed by atoms with E-state index in [2.05, 4.69) is 5.32 Å². The second-order valence-corrected chi connectivity index (χ2v) is 8.23. The fraction of sp³-hybridized carbons (Fsp3) is 0.917. The van der Waals surface area contributed by atoms with Gasteiger partial charge in [0.15, 0.2) is 9.84 Å². The maximum Gasteiger partial charge on any atom is 0.240 e. The highest BCUT2D eigenvalue weighted by atomic mass is 32.2. The summed E-state index contributed by atoms with van der Waals surface area (Å²) in [6.45, 7) is 3.33. The zero-order chi connectivity index (χ0) is 14.0. The third-order valence-electron chi connectivity index (χ3n) is 3.84. The Balaban J connectivity index is 2.47. The Bertz CT molecular complexity index is 394. The van der Waals surface area contributed by atoms with E-state index >= 15 is 0 Å². The molecule has 0 aromatic heterocycles. The van der Waals surface area contributed by atoms with E-state index in [1.165, 1.54) is 13.8 Å². The van der Waals surface area contributed by atoms with Gasteiger partial charge in [-0.1, -0.05) is 0 Å². The Hall–Kier alpha value is -0.620. The summed E-state index contributed by atoms with van der Waals surface area (Å²) in [6, 6.07) is 0. The SMILES string of the molecule is CC(C)(C(=O)NCC1CCC(O)CC1)S(C)(=O)=O. The number of hydrogen-bond acceptors (Lipinski definition) is 4. The summed E-state index contributed by atoms with van der Waals surface area (Å²) in [5.74, 6) is -0.108. The van der Waals surface area contributed by atoms with Gasteiger partial charge in [-0.25, -0.2) is 8.42 Å². The van der Waals surface area contributed by atoms with Crippen molar-refractivity contribution in [3.05, 3.63) is 0 Å². The Labute approximate surface area is 109 Å². The maximum absolute atomic E-state index is 11.9. The lowest BCUT2D eigenvalue weighted by atomic mass is 9.87. The predicted molar refractivity (Wildman–Crippen MR) is 69.9 cm³/mol. The third-order valence-corrected chi connectivity index (χ3v) is 5.88. The first-order valence-electron chi connectivity index (χ1n) is 6.30. The van der Waals surface area contributed by atoms with Gasteiger partial charge in [-0.15, -0.1) is 0 Å². The third kappa shape index (κ3) is 3.68. The molecule has 0 radical (unpaired) electrons. The topological polar surface area (TPSA) is 83.5 Å². The molecule has 0 spiro atoms. The molecule has 0 saturated heterocycles. The number of aliphatic hydroxyl groups excluding tert-OH is 1. The normalized spacial score (nSPS) is 25.8. The number of sulfone groups is 1. The highest BCUT2D eigenvalue weighted by Gasteiger charge is 2.38. The standard InChI is InChI=1S/C12H23NO4S/c1-12(2,18(3,16)17)11(15)13-8-9-4-6-10(14)7-5-9/h9-10,14H,4-8H2,1-3H3,(H,13,15). The van der Waals surface area contributed by atoms with Crippen molar-refractivity contribution >= 4 is 15.7 Å². The van der Waals surface area contributed by atoms with Crippen LogP contribution < -0.4 is 5.32 Å². The summed E-state index contributed by atoms with van der Waals surface area (Å²) in [6.07, 6.45) is 4.13. The molecule has 0 atom stereocenters. The fourth-order valence-electron chi connectivity index (χ4n) is 1.97. The van der Waals surface area contributed by atoms with Crippen LogP contribution in [0.15, 0.2) is 0 Å². The molecule has 0 aromatic rings. The van der Waals surface area contributed by atoms with Crippen LogP contribution in [-0.4, -0.2) is 43.1 Å². The average Bonchev–Trinajstić information content (AvgIpc) is 2.26. The molecule has 1 amide bonds. The molecule has 2 N–H and O–H groups in total. The van der Waals surface area contributed by atoms with Gasteiger partial charge in [0, 0.05) is 12.8 Å². The lowest BCUT2D eigenvalue weighted by Gasteiger charge is -2.27. The van der Waals surface area contributed by atoms with Crippen molar-refractivity contribution in [3.8, 4) is 0 Å². The summed E-state index contributed by atoms with van der Waals surface area (Å²) in [7, 11) is -3.42. The largest absolute Gasteiger partial charge is 0.393 e. The van der Waals surface area contributed by atoms with Crippen LogP contribution in [0.1, 0.15) is 39.5 Å². The number of carbonyl (C=O) groups excluding carboxylic acids is 1. The summed E-state index contributed by atoms with van der Waals surface area (Å²) in [5.41, 5.74) is 0. The van der Waals surface area contributed by atoms with Crippen molar-refractivity contribution in [2.75, 3.05) is 12.8 Å². The number of rotatable bonds is 4. The fourth-order valence-corrected chi connectivity index (χ4v) is 2.38. The average molecular weight is 277 g/mol. The first-order chi connectivity index (χ1) is 8.14. The maximum atomic E-state index is 11.9. The minimum absolute atomic E-state index is 0.218. The number of amides is 1. The first kappa shape index (κ1) is 15.4.